The Kier molecular flexibility index (Phi) is 9.71. The van der Waals surface area contributed by atoms with Crippen LogP contribution in [-0.4, -0.2) is 10.2 Å². The van der Waals surface area contributed by atoms with Gasteiger partial charge >= 0.3 is 0 Å². The molecule has 0 aliphatic rings. The standard InChI is InChI=1S/C38H30O2.C3H8/c39-33-24-14-13-15-27(33)25-26-32-34(28-16-5-1-6-17-28)35(29-18-7-2-8-19-29)36(30-20-9-3-10-21-30)37(38(32)40)31-22-11-4-12-23-31;1-3-2/h1-24,39-40H,25-26H2;3H2,1-2H3. The van der Waals surface area contributed by atoms with Crippen LogP contribution < -0.4 is 0 Å². The SMILES string of the molecule is CCC.Oc1ccccc1CCc1c(O)c(-c2ccccc2)c(-c2ccccc2)c(-c2ccccc2)c1-c1ccccc1. The van der Waals surface area contributed by atoms with Gasteiger partial charge in [-0.1, -0.05) is 160 Å². The van der Waals surface area contributed by atoms with Crippen LogP contribution in [0.4, 0.5) is 0 Å². The van der Waals surface area contributed by atoms with E-state index >= 15 is 0 Å². The minimum atomic E-state index is 0.274. The summed E-state index contributed by atoms with van der Waals surface area (Å²) < 4.78 is 0. The molecule has 0 spiro atoms. The van der Waals surface area contributed by atoms with E-state index in [0.717, 1.165) is 55.6 Å². The maximum atomic E-state index is 12.3. The number of aryl methyl sites for hydroxylation is 1. The molecule has 6 rings (SSSR count). The van der Waals surface area contributed by atoms with Crippen LogP contribution in [0.3, 0.4) is 0 Å². The maximum absolute atomic E-state index is 12.3. The van der Waals surface area contributed by atoms with E-state index in [9.17, 15) is 10.2 Å². The van der Waals surface area contributed by atoms with Crippen molar-refractivity contribution in [3.63, 3.8) is 0 Å². The van der Waals surface area contributed by atoms with Gasteiger partial charge in [0.2, 0.25) is 0 Å². The molecule has 2 nitrogen and oxygen atoms in total. The van der Waals surface area contributed by atoms with Gasteiger partial charge in [0.15, 0.2) is 0 Å². The highest BCUT2D eigenvalue weighted by Crippen LogP contribution is 2.52. The largest absolute Gasteiger partial charge is 0.508 e. The maximum Gasteiger partial charge on any atom is 0.127 e. The fourth-order valence-corrected chi connectivity index (χ4v) is 5.61. The van der Waals surface area contributed by atoms with Crippen molar-refractivity contribution in [1.82, 2.24) is 0 Å². The monoisotopic (exact) mass is 562 g/mol. The molecule has 0 bridgehead atoms. The van der Waals surface area contributed by atoms with Crippen LogP contribution in [0.1, 0.15) is 31.4 Å². The van der Waals surface area contributed by atoms with Gasteiger partial charge in [0.1, 0.15) is 11.5 Å². The minimum absolute atomic E-state index is 0.274. The van der Waals surface area contributed by atoms with Gasteiger partial charge in [-0.25, -0.2) is 0 Å². The third-order valence-electron chi connectivity index (χ3n) is 7.46. The van der Waals surface area contributed by atoms with Crippen molar-refractivity contribution in [3.8, 4) is 56.0 Å². The molecule has 0 amide bonds. The van der Waals surface area contributed by atoms with E-state index in [4.69, 9.17) is 0 Å². The lowest BCUT2D eigenvalue weighted by molar-refractivity contribution is 0.463. The minimum Gasteiger partial charge on any atom is -0.508 e. The van der Waals surface area contributed by atoms with Crippen LogP contribution >= 0.6 is 0 Å². The van der Waals surface area contributed by atoms with Gasteiger partial charge in [0.25, 0.3) is 0 Å². The molecular formula is C41H38O2. The van der Waals surface area contributed by atoms with Crippen molar-refractivity contribution in [3.05, 3.63) is 157 Å². The Morgan fingerprint density at radius 1 is 0.395 bits per heavy atom. The first-order valence-electron chi connectivity index (χ1n) is 15.0. The van der Waals surface area contributed by atoms with Crippen molar-refractivity contribution in [2.45, 2.75) is 33.1 Å². The summed E-state index contributed by atoms with van der Waals surface area (Å²) in [5.74, 6) is 0.551. The van der Waals surface area contributed by atoms with Crippen molar-refractivity contribution >= 4 is 0 Å². The van der Waals surface area contributed by atoms with Crippen molar-refractivity contribution in [2.24, 2.45) is 0 Å². The highest BCUT2D eigenvalue weighted by atomic mass is 16.3. The number of hydrogen-bond donors (Lipinski definition) is 2. The molecule has 0 unspecified atom stereocenters. The third-order valence-corrected chi connectivity index (χ3v) is 7.46. The lowest BCUT2D eigenvalue weighted by atomic mass is 9.78. The second-order valence-corrected chi connectivity index (χ2v) is 10.6. The fraction of sp³-hybridized carbons (Fsp3) is 0.122. The second-order valence-electron chi connectivity index (χ2n) is 10.6. The van der Waals surface area contributed by atoms with Gasteiger partial charge in [-0.15, -0.1) is 0 Å². The van der Waals surface area contributed by atoms with Crippen LogP contribution in [0.15, 0.2) is 146 Å². The molecule has 6 aromatic carbocycles. The molecule has 0 aliphatic heterocycles. The summed E-state index contributed by atoms with van der Waals surface area (Å²) in [5, 5.41) is 22.8. The molecule has 2 heteroatoms. The molecule has 214 valence electrons. The average molecular weight is 563 g/mol. The highest BCUT2D eigenvalue weighted by Gasteiger charge is 2.27. The third kappa shape index (κ3) is 6.55. The molecular weight excluding hydrogens is 524 g/mol. The quantitative estimate of drug-likeness (QED) is 0.203. The van der Waals surface area contributed by atoms with E-state index < -0.39 is 0 Å². The highest BCUT2D eigenvalue weighted by molar-refractivity contribution is 6.05. The normalized spacial score (nSPS) is 10.6. The average Bonchev–Trinajstić information content (AvgIpc) is 3.06. The zero-order chi connectivity index (χ0) is 30.0. The Balaban J connectivity index is 0.00000118. The Bertz CT molecular complexity index is 1740. The van der Waals surface area contributed by atoms with Crippen LogP contribution in [0.25, 0.3) is 44.5 Å². The number of benzene rings is 6. The molecule has 0 heterocycles. The lowest BCUT2D eigenvalue weighted by Crippen LogP contribution is -2.03. The van der Waals surface area contributed by atoms with Crippen LogP contribution in [0, 0.1) is 0 Å². The molecule has 43 heavy (non-hydrogen) atoms. The van der Waals surface area contributed by atoms with E-state index in [1.54, 1.807) is 6.07 Å². The predicted octanol–water partition coefficient (Wildman–Crippen LogP) is 11.0. The summed E-state index contributed by atoms with van der Waals surface area (Å²) in [4.78, 5) is 0. The van der Waals surface area contributed by atoms with Crippen molar-refractivity contribution in [2.75, 3.05) is 0 Å². The van der Waals surface area contributed by atoms with E-state index in [-0.39, 0.29) is 11.5 Å². The molecule has 2 N–H and O–H groups in total. The summed E-state index contributed by atoms with van der Waals surface area (Å²) in [6.07, 6.45) is 2.40. The molecule has 0 atom stereocenters. The zero-order valence-corrected chi connectivity index (χ0v) is 24.9. The number of aromatic hydroxyl groups is 2. The van der Waals surface area contributed by atoms with Gasteiger partial charge in [-0.2, -0.15) is 0 Å². The van der Waals surface area contributed by atoms with Gasteiger partial charge in [-0.05, 0) is 57.9 Å². The molecule has 0 aliphatic carbocycles. The summed E-state index contributed by atoms with van der Waals surface area (Å²) >= 11 is 0. The van der Waals surface area contributed by atoms with Crippen molar-refractivity contribution in [1.29, 1.82) is 0 Å². The van der Waals surface area contributed by atoms with Crippen LogP contribution in [0.5, 0.6) is 11.5 Å². The molecule has 0 aromatic heterocycles. The molecule has 6 aromatic rings. The van der Waals surface area contributed by atoms with Crippen LogP contribution in [-0.2, 0) is 12.8 Å². The Morgan fingerprint density at radius 2 is 0.744 bits per heavy atom. The number of rotatable bonds is 7. The fourth-order valence-electron chi connectivity index (χ4n) is 5.61. The lowest BCUT2D eigenvalue weighted by Gasteiger charge is -2.26. The molecule has 0 saturated heterocycles. The first-order chi connectivity index (χ1) is 21.1. The number of phenolic OH excluding ortho intramolecular Hbond substituents is 2. The van der Waals surface area contributed by atoms with E-state index in [1.807, 2.05) is 78.9 Å². The first kappa shape index (κ1) is 29.4. The zero-order valence-electron chi connectivity index (χ0n) is 24.9. The summed E-state index contributed by atoms with van der Waals surface area (Å²) in [5.41, 5.74) is 9.77. The van der Waals surface area contributed by atoms with Gasteiger partial charge in [0, 0.05) is 16.7 Å². The Morgan fingerprint density at radius 3 is 1.19 bits per heavy atom. The second kappa shape index (κ2) is 14.2. The molecule has 0 radical (unpaired) electrons. The molecule has 0 saturated carbocycles. The summed E-state index contributed by atoms with van der Waals surface area (Å²) in [6, 6.07) is 48.7. The van der Waals surface area contributed by atoms with Gasteiger partial charge in [0.05, 0.1) is 0 Å². The number of hydrogen-bond acceptors (Lipinski definition) is 2. The predicted molar refractivity (Wildman–Crippen MR) is 181 cm³/mol. The van der Waals surface area contributed by atoms with Gasteiger partial charge in [-0.3, -0.25) is 0 Å². The summed E-state index contributed by atoms with van der Waals surface area (Å²) in [6.45, 7) is 4.25. The Labute approximate surface area is 255 Å². The number of para-hydroxylation sites is 1. The smallest absolute Gasteiger partial charge is 0.127 e. The molecule has 0 fully saturated rings. The van der Waals surface area contributed by atoms with Crippen LogP contribution in [0.2, 0.25) is 0 Å². The van der Waals surface area contributed by atoms with Gasteiger partial charge < -0.3 is 10.2 Å². The van der Waals surface area contributed by atoms with E-state index in [0.29, 0.717) is 12.8 Å². The van der Waals surface area contributed by atoms with E-state index in [1.165, 1.54) is 6.42 Å². The van der Waals surface area contributed by atoms with E-state index in [2.05, 4.69) is 74.5 Å². The van der Waals surface area contributed by atoms with Crippen molar-refractivity contribution < 1.29 is 10.2 Å². The topological polar surface area (TPSA) is 40.5 Å². The first-order valence-corrected chi connectivity index (χ1v) is 15.0. The number of phenols is 2. The summed E-state index contributed by atoms with van der Waals surface area (Å²) in [7, 11) is 0. The Hall–Kier alpha value is -5.08.